The van der Waals surface area contributed by atoms with Gasteiger partial charge in [-0.05, 0) is 17.6 Å². The van der Waals surface area contributed by atoms with Crippen molar-refractivity contribution >= 4 is 11.6 Å². The van der Waals surface area contributed by atoms with Crippen LogP contribution in [0.1, 0.15) is 9.60 Å². The van der Waals surface area contributed by atoms with E-state index in [2.05, 4.69) is 0 Å². The monoisotopic (exact) mass is 227 g/mol. The van der Waals surface area contributed by atoms with Gasteiger partial charge in [0.25, 0.3) is 0 Å². The molecule has 0 atom stereocenters. The zero-order valence-corrected chi connectivity index (χ0v) is 8.03. The molecule has 2 N–H and O–H groups in total. The average molecular weight is 228 g/mol. The van der Waals surface area contributed by atoms with E-state index < -0.39 is 69.9 Å². The molecule has 0 heterocycles. The maximum atomic E-state index is 9.69. The Morgan fingerprint density at radius 1 is 1.00 bits per heavy atom. The van der Waals surface area contributed by atoms with E-state index in [4.69, 9.17) is 21.2 Å². The fraction of sp³-hybridized carbons (Fsp3) is 0. The lowest BCUT2D eigenvalue weighted by molar-refractivity contribution is 0.404. The third-order valence-corrected chi connectivity index (χ3v) is 2.08. The summed E-state index contributed by atoms with van der Waals surface area (Å²) in [7, 11) is 0. The highest BCUT2D eigenvalue weighted by Crippen LogP contribution is 2.40. The summed E-state index contributed by atoms with van der Waals surface area (Å²) in [6, 6.07) is -4.54. The summed E-state index contributed by atoms with van der Waals surface area (Å²) >= 11 is 5.85. The second kappa shape index (κ2) is 3.83. The topological polar surface area (TPSA) is 40.5 Å². The van der Waals surface area contributed by atoms with Crippen LogP contribution in [0.25, 0.3) is 11.1 Å². The van der Waals surface area contributed by atoms with Crippen LogP contribution in [-0.4, -0.2) is 10.2 Å². The van der Waals surface area contributed by atoms with Gasteiger partial charge in [0.1, 0.15) is 0 Å². The normalized spacial score (nSPS) is 16.7. The van der Waals surface area contributed by atoms with Gasteiger partial charge in [0.15, 0.2) is 11.5 Å². The van der Waals surface area contributed by atoms with Crippen LogP contribution in [-0.2, 0) is 0 Å². The third kappa shape index (κ3) is 1.76. The van der Waals surface area contributed by atoms with Crippen molar-refractivity contribution in [1.29, 1.82) is 0 Å². The van der Waals surface area contributed by atoms with Gasteiger partial charge in [0, 0.05) is 5.56 Å². The Labute approximate surface area is 102 Å². The Morgan fingerprint density at radius 2 is 1.67 bits per heavy atom. The quantitative estimate of drug-likeness (QED) is 0.733. The summed E-state index contributed by atoms with van der Waals surface area (Å²) in [5.41, 5.74) is -0.816. The van der Waals surface area contributed by atoms with Crippen molar-refractivity contribution in [3.63, 3.8) is 0 Å². The van der Waals surface area contributed by atoms with E-state index >= 15 is 0 Å². The van der Waals surface area contributed by atoms with E-state index in [9.17, 15) is 10.2 Å². The minimum absolute atomic E-state index is 0.404. The van der Waals surface area contributed by atoms with Crippen LogP contribution in [0, 0.1) is 0 Å². The highest BCUT2D eigenvalue weighted by Gasteiger charge is 2.10. The van der Waals surface area contributed by atoms with Gasteiger partial charge in [0.05, 0.1) is 14.6 Å². The van der Waals surface area contributed by atoms with Gasteiger partial charge in [-0.25, -0.2) is 0 Å². The SMILES string of the molecule is [2H]c1c([2H])c([2H])c(-c2c([2H])c([2H])c(O)c(O)c2Cl)c([2H])c1[2H]. The smallest absolute Gasteiger partial charge is 0.177 e. The fourth-order valence-corrected chi connectivity index (χ4v) is 1.24. The van der Waals surface area contributed by atoms with Gasteiger partial charge < -0.3 is 10.2 Å². The van der Waals surface area contributed by atoms with Gasteiger partial charge in [-0.1, -0.05) is 41.8 Å². The lowest BCUT2D eigenvalue weighted by atomic mass is 10.1. The highest BCUT2D eigenvalue weighted by atomic mass is 35.5. The van der Waals surface area contributed by atoms with Crippen LogP contribution < -0.4 is 0 Å². The zero-order chi connectivity index (χ0) is 16.9. The second-order valence-electron chi connectivity index (χ2n) is 2.64. The van der Waals surface area contributed by atoms with Crippen LogP contribution in [0.5, 0.6) is 11.5 Å². The van der Waals surface area contributed by atoms with Gasteiger partial charge in [0.2, 0.25) is 0 Å². The summed E-state index contributed by atoms with van der Waals surface area (Å²) in [5.74, 6) is -1.80. The molecule has 2 aromatic carbocycles. The Balaban J connectivity index is 3.03. The molecule has 0 aliphatic heterocycles. The largest absolute Gasteiger partial charge is 0.504 e. The minimum atomic E-state index is -0.911. The van der Waals surface area contributed by atoms with Crippen LogP contribution in [0.2, 0.25) is 5.02 Å². The number of phenols is 2. The first kappa shape index (κ1) is 4.45. The molecule has 0 fully saturated rings. The van der Waals surface area contributed by atoms with E-state index in [1.807, 2.05) is 0 Å². The molecule has 0 bridgehead atoms. The maximum absolute atomic E-state index is 9.69. The van der Waals surface area contributed by atoms with Crippen LogP contribution >= 0.6 is 11.6 Å². The van der Waals surface area contributed by atoms with Crippen molar-refractivity contribution < 1.29 is 19.8 Å². The lowest BCUT2D eigenvalue weighted by Crippen LogP contribution is -1.80. The molecule has 0 saturated heterocycles. The summed E-state index contributed by atoms with van der Waals surface area (Å²) in [5, 5.41) is 18.6. The minimum Gasteiger partial charge on any atom is -0.504 e. The summed E-state index contributed by atoms with van der Waals surface area (Å²) in [6.45, 7) is 0. The molecule has 2 nitrogen and oxygen atoms in total. The molecule has 0 amide bonds. The third-order valence-electron chi connectivity index (χ3n) is 1.71. The number of hydrogen-bond donors (Lipinski definition) is 2. The molecule has 0 aliphatic rings. The molecule has 0 radical (unpaired) electrons. The molecular formula is C12H9ClO2. The molecule has 0 aliphatic carbocycles. The van der Waals surface area contributed by atoms with Crippen LogP contribution in [0.4, 0.5) is 0 Å². The molecule has 2 aromatic rings. The molecule has 2 rings (SSSR count). The second-order valence-corrected chi connectivity index (χ2v) is 3.01. The number of phenolic OH excluding ortho intramolecular Hbond substituents is 2. The van der Waals surface area contributed by atoms with E-state index in [0.717, 1.165) is 0 Å². The Kier molecular flexibility index (Phi) is 1.14. The number of aromatic hydroxyl groups is 2. The van der Waals surface area contributed by atoms with E-state index in [1.165, 1.54) is 0 Å². The molecule has 76 valence electrons. The number of rotatable bonds is 1. The molecule has 0 aromatic heterocycles. The Hall–Kier alpha value is -1.67. The Bertz CT molecular complexity index is 682. The van der Waals surface area contributed by atoms with Gasteiger partial charge in [-0.3, -0.25) is 0 Å². The van der Waals surface area contributed by atoms with Crippen LogP contribution in [0.3, 0.4) is 0 Å². The van der Waals surface area contributed by atoms with Crippen molar-refractivity contribution in [1.82, 2.24) is 0 Å². The highest BCUT2D eigenvalue weighted by molar-refractivity contribution is 6.35. The number of hydrogen-bond acceptors (Lipinski definition) is 2. The fourth-order valence-electron chi connectivity index (χ4n) is 1.01. The van der Waals surface area contributed by atoms with Crippen molar-refractivity contribution in [2.45, 2.75) is 0 Å². The molecular weight excluding hydrogens is 212 g/mol. The zero-order valence-electron chi connectivity index (χ0n) is 14.3. The first-order chi connectivity index (χ1) is 10.1. The predicted molar refractivity (Wildman–Crippen MR) is 60.2 cm³/mol. The lowest BCUT2D eigenvalue weighted by Gasteiger charge is -2.07. The van der Waals surface area contributed by atoms with Crippen molar-refractivity contribution in [3.05, 3.63) is 47.3 Å². The van der Waals surface area contributed by atoms with E-state index in [-0.39, 0.29) is 0 Å². The first-order valence-corrected chi connectivity index (χ1v) is 4.26. The van der Waals surface area contributed by atoms with Crippen molar-refractivity contribution in [2.75, 3.05) is 0 Å². The molecule has 0 unspecified atom stereocenters. The number of benzene rings is 2. The van der Waals surface area contributed by atoms with Crippen molar-refractivity contribution in [2.24, 2.45) is 0 Å². The molecule has 0 saturated carbocycles. The summed E-state index contributed by atoms with van der Waals surface area (Å²) < 4.78 is 53.8. The average Bonchev–Trinajstić information content (AvgIpc) is 2.50. The molecule has 0 spiro atoms. The van der Waals surface area contributed by atoms with Gasteiger partial charge in [-0.2, -0.15) is 0 Å². The van der Waals surface area contributed by atoms with E-state index in [0.29, 0.717) is 0 Å². The molecule has 3 heteroatoms. The van der Waals surface area contributed by atoms with Gasteiger partial charge in [-0.15, -0.1) is 0 Å². The van der Waals surface area contributed by atoms with Crippen molar-refractivity contribution in [3.8, 4) is 22.6 Å². The van der Waals surface area contributed by atoms with Crippen LogP contribution in [0.15, 0.2) is 42.3 Å². The standard InChI is InChI=1S/C12H9ClO2/c13-11-9(6-7-10(14)12(11)15)8-4-2-1-3-5-8/h1-7,14-15H/i1D,2D,3D,4D,5D,6D,7D. The maximum Gasteiger partial charge on any atom is 0.177 e. The Morgan fingerprint density at radius 3 is 2.33 bits per heavy atom. The first-order valence-electron chi connectivity index (χ1n) is 7.39. The number of halogens is 1. The molecule has 15 heavy (non-hydrogen) atoms. The summed E-state index contributed by atoms with van der Waals surface area (Å²) in [6.07, 6.45) is 0. The summed E-state index contributed by atoms with van der Waals surface area (Å²) in [4.78, 5) is 0. The predicted octanol–water partition coefficient (Wildman–Crippen LogP) is 3.42. The van der Waals surface area contributed by atoms with Gasteiger partial charge >= 0.3 is 0 Å². The van der Waals surface area contributed by atoms with E-state index in [1.54, 1.807) is 0 Å².